The van der Waals surface area contributed by atoms with E-state index in [0.29, 0.717) is 0 Å². The van der Waals surface area contributed by atoms with E-state index in [1.54, 1.807) is 0 Å². The molecule has 0 aromatic carbocycles. The second-order valence-corrected chi connectivity index (χ2v) is 7.01. The first-order valence-corrected chi connectivity index (χ1v) is 8.32. The van der Waals surface area contributed by atoms with Gasteiger partial charge in [-0.1, -0.05) is 6.42 Å². The van der Waals surface area contributed by atoms with Gasteiger partial charge in [0.1, 0.15) is 0 Å². The molecular formula is C12H24O2Si. The normalized spacial score (nSPS) is 34.2. The van der Waals surface area contributed by atoms with Crippen LogP contribution in [0.25, 0.3) is 0 Å². The molecule has 2 fully saturated rings. The molecule has 0 amide bonds. The highest BCUT2D eigenvalue weighted by molar-refractivity contribution is 6.44. The molecule has 0 saturated heterocycles. The maximum Gasteiger partial charge on any atom is 0.321 e. The van der Waals surface area contributed by atoms with Crippen LogP contribution in [0.5, 0.6) is 0 Å². The van der Waals surface area contributed by atoms with Crippen LogP contribution < -0.4 is 0 Å². The largest absolute Gasteiger partial charge is 0.397 e. The van der Waals surface area contributed by atoms with Crippen LogP contribution in [-0.2, 0) is 8.85 Å². The average Bonchev–Trinajstić information content (AvgIpc) is 2.80. The highest BCUT2D eigenvalue weighted by Crippen LogP contribution is 2.50. The van der Waals surface area contributed by atoms with Crippen molar-refractivity contribution in [3.8, 4) is 0 Å². The van der Waals surface area contributed by atoms with Gasteiger partial charge in [0.05, 0.1) is 0 Å². The lowest BCUT2D eigenvalue weighted by atomic mass is 9.90. The van der Waals surface area contributed by atoms with Gasteiger partial charge in [-0.2, -0.15) is 0 Å². The lowest BCUT2D eigenvalue weighted by Crippen LogP contribution is -2.27. The predicted molar refractivity (Wildman–Crippen MR) is 64.1 cm³/mol. The zero-order valence-corrected chi connectivity index (χ0v) is 11.2. The van der Waals surface area contributed by atoms with E-state index < -0.39 is 9.28 Å². The summed E-state index contributed by atoms with van der Waals surface area (Å²) in [5.74, 6) is 3.02. The minimum Gasteiger partial charge on any atom is -0.397 e. The van der Waals surface area contributed by atoms with E-state index in [0.717, 1.165) is 31.0 Å². The van der Waals surface area contributed by atoms with Crippen LogP contribution in [0.3, 0.4) is 0 Å². The number of hydrogen-bond donors (Lipinski definition) is 0. The number of fused-ring (bicyclic) bond motifs is 2. The lowest BCUT2D eigenvalue weighted by Gasteiger charge is -2.25. The summed E-state index contributed by atoms with van der Waals surface area (Å²) in [7, 11) is -1.32. The Balaban J connectivity index is 1.78. The van der Waals surface area contributed by atoms with Crippen molar-refractivity contribution in [3.05, 3.63) is 0 Å². The minimum absolute atomic E-state index is 0.831. The van der Waals surface area contributed by atoms with E-state index in [1.165, 1.54) is 31.7 Å². The average molecular weight is 228 g/mol. The molecule has 0 radical (unpaired) electrons. The maximum atomic E-state index is 5.77. The molecule has 3 atom stereocenters. The van der Waals surface area contributed by atoms with E-state index in [2.05, 4.69) is 13.8 Å². The van der Waals surface area contributed by atoms with E-state index in [9.17, 15) is 0 Å². The summed E-state index contributed by atoms with van der Waals surface area (Å²) in [6.45, 7) is 5.83. The highest BCUT2D eigenvalue weighted by Gasteiger charge is 2.40. The third kappa shape index (κ3) is 2.83. The summed E-state index contributed by atoms with van der Waals surface area (Å²) < 4.78 is 11.5. The minimum atomic E-state index is -1.32. The van der Waals surface area contributed by atoms with E-state index in [4.69, 9.17) is 8.85 Å². The Bertz CT molecular complexity index is 192. The molecule has 2 saturated carbocycles. The molecular weight excluding hydrogens is 204 g/mol. The van der Waals surface area contributed by atoms with Crippen LogP contribution in [0.15, 0.2) is 0 Å². The van der Waals surface area contributed by atoms with Crippen LogP contribution in [0, 0.1) is 17.8 Å². The second-order valence-electron chi connectivity index (χ2n) is 5.01. The molecule has 2 bridgehead atoms. The van der Waals surface area contributed by atoms with Gasteiger partial charge in [-0.05, 0) is 56.9 Å². The van der Waals surface area contributed by atoms with E-state index >= 15 is 0 Å². The van der Waals surface area contributed by atoms with Crippen LogP contribution in [-0.4, -0.2) is 22.5 Å². The van der Waals surface area contributed by atoms with Gasteiger partial charge >= 0.3 is 9.28 Å². The quantitative estimate of drug-likeness (QED) is 0.651. The Morgan fingerprint density at radius 2 is 1.80 bits per heavy atom. The van der Waals surface area contributed by atoms with Crippen LogP contribution in [0.2, 0.25) is 6.04 Å². The van der Waals surface area contributed by atoms with Crippen LogP contribution >= 0.6 is 0 Å². The van der Waals surface area contributed by atoms with Crippen molar-refractivity contribution >= 4 is 9.28 Å². The third-order valence-corrected chi connectivity index (χ3v) is 6.49. The fourth-order valence-electron chi connectivity index (χ4n) is 3.47. The van der Waals surface area contributed by atoms with Gasteiger partial charge in [0.25, 0.3) is 0 Å². The molecule has 2 aliphatic carbocycles. The summed E-state index contributed by atoms with van der Waals surface area (Å²) in [4.78, 5) is 0. The molecule has 2 aliphatic rings. The van der Waals surface area contributed by atoms with E-state index in [1.807, 2.05) is 0 Å². The van der Waals surface area contributed by atoms with Gasteiger partial charge < -0.3 is 8.85 Å². The molecule has 88 valence electrons. The first-order valence-electron chi connectivity index (χ1n) is 6.56. The highest BCUT2D eigenvalue weighted by atomic mass is 28.3. The Kier molecular flexibility index (Phi) is 4.23. The molecule has 2 rings (SSSR count). The fourth-order valence-corrected chi connectivity index (χ4v) is 5.65. The van der Waals surface area contributed by atoms with Crippen molar-refractivity contribution in [2.45, 2.75) is 45.6 Å². The molecule has 3 unspecified atom stereocenters. The van der Waals surface area contributed by atoms with Gasteiger partial charge in [0.2, 0.25) is 0 Å². The van der Waals surface area contributed by atoms with Crippen molar-refractivity contribution in [2.24, 2.45) is 17.8 Å². The monoisotopic (exact) mass is 228 g/mol. The second kappa shape index (κ2) is 5.46. The summed E-state index contributed by atoms with van der Waals surface area (Å²) in [6, 6.07) is 1.27. The first-order chi connectivity index (χ1) is 7.33. The zero-order chi connectivity index (χ0) is 10.7. The maximum absolute atomic E-state index is 5.77. The van der Waals surface area contributed by atoms with Gasteiger partial charge in [0, 0.05) is 13.2 Å². The number of hydrogen-bond acceptors (Lipinski definition) is 2. The topological polar surface area (TPSA) is 18.5 Å². The van der Waals surface area contributed by atoms with Crippen molar-refractivity contribution in [1.82, 2.24) is 0 Å². The molecule has 0 aromatic heterocycles. The summed E-state index contributed by atoms with van der Waals surface area (Å²) in [5, 5.41) is 0. The predicted octanol–water partition coefficient (Wildman–Crippen LogP) is 2.72. The van der Waals surface area contributed by atoms with Crippen molar-refractivity contribution in [2.75, 3.05) is 13.2 Å². The first kappa shape index (κ1) is 11.6. The van der Waals surface area contributed by atoms with Crippen LogP contribution in [0.4, 0.5) is 0 Å². The Morgan fingerprint density at radius 1 is 1.07 bits per heavy atom. The molecule has 0 aromatic rings. The molecule has 0 aliphatic heterocycles. The van der Waals surface area contributed by atoms with Crippen molar-refractivity contribution in [3.63, 3.8) is 0 Å². The molecule has 0 N–H and O–H groups in total. The summed E-state index contributed by atoms with van der Waals surface area (Å²) in [6.07, 6.45) is 5.95. The summed E-state index contributed by atoms with van der Waals surface area (Å²) in [5.41, 5.74) is 0. The third-order valence-electron chi connectivity index (χ3n) is 4.08. The van der Waals surface area contributed by atoms with Crippen molar-refractivity contribution in [1.29, 1.82) is 0 Å². The van der Waals surface area contributed by atoms with Gasteiger partial charge in [-0.3, -0.25) is 0 Å². The number of rotatable bonds is 6. The smallest absolute Gasteiger partial charge is 0.321 e. The summed E-state index contributed by atoms with van der Waals surface area (Å²) >= 11 is 0. The SMILES string of the molecule is CCO[SiH](CC1CC2CCC1C2)OCC. The standard InChI is InChI=1S/C12H24O2Si/c1-3-13-15(14-4-2)9-12-8-10-5-6-11(12)7-10/h10-12,15H,3-9H2,1-2H3. The van der Waals surface area contributed by atoms with E-state index in [-0.39, 0.29) is 0 Å². The molecule has 0 spiro atoms. The van der Waals surface area contributed by atoms with Gasteiger partial charge in [-0.25, -0.2) is 0 Å². The lowest BCUT2D eigenvalue weighted by molar-refractivity contribution is 0.201. The van der Waals surface area contributed by atoms with Gasteiger partial charge in [-0.15, -0.1) is 0 Å². The van der Waals surface area contributed by atoms with Gasteiger partial charge in [0.15, 0.2) is 0 Å². The fraction of sp³-hybridized carbons (Fsp3) is 1.00. The Hall–Kier alpha value is 0.137. The van der Waals surface area contributed by atoms with Crippen LogP contribution in [0.1, 0.15) is 39.5 Å². The molecule has 0 heterocycles. The Labute approximate surface area is 95.2 Å². The molecule has 3 heteroatoms. The Morgan fingerprint density at radius 3 is 2.27 bits per heavy atom. The molecule has 15 heavy (non-hydrogen) atoms. The van der Waals surface area contributed by atoms with Crippen molar-refractivity contribution < 1.29 is 8.85 Å². The molecule has 2 nitrogen and oxygen atoms in total. The zero-order valence-electron chi connectivity index (χ0n) is 10.1.